The third-order valence-electron chi connectivity index (χ3n) is 4.18. The molecule has 0 radical (unpaired) electrons. The zero-order chi connectivity index (χ0) is 18.5. The van der Waals surface area contributed by atoms with E-state index in [0.717, 1.165) is 43.5 Å². The van der Waals surface area contributed by atoms with E-state index in [2.05, 4.69) is 6.92 Å². The third kappa shape index (κ3) is 9.51. The Morgan fingerprint density at radius 2 is 1.32 bits per heavy atom. The molecule has 0 amide bonds. The van der Waals surface area contributed by atoms with E-state index in [9.17, 15) is 18.0 Å². The molecule has 0 aromatic heterocycles. The predicted octanol–water partition coefficient (Wildman–Crippen LogP) is 6.78. The maximum atomic E-state index is 12.5. The first-order chi connectivity index (χ1) is 11.9. The molecule has 2 nitrogen and oxygen atoms in total. The second-order valence-corrected chi connectivity index (χ2v) is 6.39. The van der Waals surface area contributed by atoms with Crippen molar-refractivity contribution in [3.05, 3.63) is 35.4 Å². The van der Waals surface area contributed by atoms with Crippen molar-refractivity contribution in [3.63, 3.8) is 0 Å². The molecular formula is C20H29F3O2. The molecule has 0 aliphatic carbocycles. The fourth-order valence-electron chi connectivity index (χ4n) is 2.63. The standard InChI is InChI=1S/C20H29F3O2/c1-2-3-4-5-6-7-8-9-10-11-16-25-19(24)17-12-14-18(15-13-17)20(21,22)23/h12-15H,2-11,16H2,1H3. The molecule has 1 aromatic carbocycles. The third-order valence-corrected chi connectivity index (χ3v) is 4.18. The van der Waals surface area contributed by atoms with Gasteiger partial charge in [0, 0.05) is 0 Å². The first kappa shape index (κ1) is 21.5. The van der Waals surface area contributed by atoms with Crippen molar-refractivity contribution < 1.29 is 22.7 Å². The van der Waals surface area contributed by atoms with Crippen molar-refractivity contribution in [2.75, 3.05) is 6.61 Å². The average molecular weight is 358 g/mol. The maximum Gasteiger partial charge on any atom is 0.416 e. The molecule has 142 valence electrons. The van der Waals surface area contributed by atoms with E-state index in [1.165, 1.54) is 44.9 Å². The summed E-state index contributed by atoms with van der Waals surface area (Å²) in [5.74, 6) is -0.565. The molecule has 0 unspecified atom stereocenters. The lowest BCUT2D eigenvalue weighted by atomic mass is 10.1. The molecule has 0 aliphatic rings. The molecule has 0 heterocycles. The predicted molar refractivity (Wildman–Crippen MR) is 93.6 cm³/mol. The molecule has 0 bridgehead atoms. The number of carbonyl (C=O) groups excluding carboxylic acids is 1. The summed E-state index contributed by atoms with van der Waals surface area (Å²) in [6, 6.07) is 4.11. The minimum Gasteiger partial charge on any atom is -0.462 e. The second kappa shape index (κ2) is 11.9. The van der Waals surface area contributed by atoms with E-state index in [-0.39, 0.29) is 5.56 Å². The van der Waals surface area contributed by atoms with Gasteiger partial charge in [0.2, 0.25) is 0 Å². The molecule has 0 spiro atoms. The Labute approximate surface area is 148 Å². The summed E-state index contributed by atoms with van der Waals surface area (Å²) < 4.78 is 42.5. The summed E-state index contributed by atoms with van der Waals surface area (Å²) >= 11 is 0. The van der Waals surface area contributed by atoms with Crippen LogP contribution in [-0.2, 0) is 10.9 Å². The van der Waals surface area contributed by atoms with Crippen LogP contribution in [0.5, 0.6) is 0 Å². The number of esters is 1. The monoisotopic (exact) mass is 358 g/mol. The van der Waals surface area contributed by atoms with Gasteiger partial charge in [-0.1, -0.05) is 64.7 Å². The Morgan fingerprint density at radius 1 is 0.840 bits per heavy atom. The number of rotatable bonds is 12. The van der Waals surface area contributed by atoms with Gasteiger partial charge in [-0.2, -0.15) is 13.2 Å². The van der Waals surface area contributed by atoms with Crippen LogP contribution in [0, 0.1) is 0 Å². The van der Waals surface area contributed by atoms with Crippen LogP contribution in [0.4, 0.5) is 13.2 Å². The number of hydrogen-bond donors (Lipinski definition) is 0. The average Bonchev–Trinajstić information content (AvgIpc) is 2.59. The molecule has 1 rings (SSSR count). The van der Waals surface area contributed by atoms with Crippen LogP contribution >= 0.6 is 0 Å². The molecule has 5 heteroatoms. The second-order valence-electron chi connectivity index (χ2n) is 6.39. The molecule has 0 atom stereocenters. The van der Waals surface area contributed by atoms with Crippen LogP contribution in [0.25, 0.3) is 0 Å². The van der Waals surface area contributed by atoms with Gasteiger partial charge in [0.25, 0.3) is 0 Å². The highest BCUT2D eigenvalue weighted by Crippen LogP contribution is 2.29. The molecule has 0 N–H and O–H groups in total. The normalized spacial score (nSPS) is 11.5. The van der Waals surface area contributed by atoms with Gasteiger partial charge in [-0.25, -0.2) is 4.79 Å². The van der Waals surface area contributed by atoms with Crippen molar-refractivity contribution in [3.8, 4) is 0 Å². The van der Waals surface area contributed by atoms with Crippen molar-refractivity contribution >= 4 is 5.97 Å². The smallest absolute Gasteiger partial charge is 0.416 e. The number of carbonyl (C=O) groups is 1. The Morgan fingerprint density at radius 3 is 1.80 bits per heavy atom. The largest absolute Gasteiger partial charge is 0.462 e. The molecule has 1 aromatic rings. The lowest BCUT2D eigenvalue weighted by Crippen LogP contribution is -2.08. The lowest BCUT2D eigenvalue weighted by molar-refractivity contribution is -0.137. The van der Waals surface area contributed by atoms with Gasteiger partial charge in [0.05, 0.1) is 17.7 Å². The molecular weight excluding hydrogens is 329 g/mol. The summed E-state index contributed by atoms with van der Waals surface area (Å²) in [5, 5.41) is 0. The molecule has 0 saturated carbocycles. The van der Waals surface area contributed by atoms with Gasteiger partial charge in [0.15, 0.2) is 0 Å². The van der Waals surface area contributed by atoms with E-state index in [4.69, 9.17) is 4.74 Å². The first-order valence-electron chi connectivity index (χ1n) is 9.29. The van der Waals surface area contributed by atoms with Crippen LogP contribution in [0.2, 0.25) is 0 Å². The summed E-state index contributed by atoms with van der Waals surface area (Å²) in [7, 11) is 0. The van der Waals surface area contributed by atoms with E-state index in [1.807, 2.05) is 0 Å². The zero-order valence-corrected chi connectivity index (χ0v) is 15.0. The van der Waals surface area contributed by atoms with Gasteiger partial charge in [-0.15, -0.1) is 0 Å². The molecule has 25 heavy (non-hydrogen) atoms. The quantitative estimate of drug-likeness (QED) is 0.304. The van der Waals surface area contributed by atoms with E-state index in [0.29, 0.717) is 6.61 Å². The SMILES string of the molecule is CCCCCCCCCCCCOC(=O)c1ccc(C(F)(F)F)cc1. The number of hydrogen-bond acceptors (Lipinski definition) is 2. The highest BCUT2D eigenvalue weighted by atomic mass is 19.4. The Kier molecular flexibility index (Phi) is 10.3. The summed E-state index contributed by atoms with van der Waals surface area (Å²) in [6.07, 6.45) is 7.54. The highest BCUT2D eigenvalue weighted by molar-refractivity contribution is 5.89. The van der Waals surface area contributed by atoms with E-state index in [1.54, 1.807) is 0 Å². The van der Waals surface area contributed by atoms with Gasteiger partial charge >= 0.3 is 12.1 Å². The Bertz CT molecular complexity index is 481. The van der Waals surface area contributed by atoms with Gasteiger partial charge in [-0.05, 0) is 30.7 Å². The fraction of sp³-hybridized carbons (Fsp3) is 0.650. The van der Waals surface area contributed by atoms with Crippen LogP contribution in [0.1, 0.15) is 87.1 Å². The van der Waals surface area contributed by atoms with Crippen LogP contribution < -0.4 is 0 Å². The van der Waals surface area contributed by atoms with Gasteiger partial charge in [0.1, 0.15) is 0 Å². The van der Waals surface area contributed by atoms with Crippen LogP contribution in [-0.4, -0.2) is 12.6 Å². The van der Waals surface area contributed by atoms with Crippen LogP contribution in [0.3, 0.4) is 0 Å². The lowest BCUT2D eigenvalue weighted by Gasteiger charge is -2.08. The molecule has 0 fully saturated rings. The topological polar surface area (TPSA) is 26.3 Å². The molecule has 0 aliphatic heterocycles. The first-order valence-corrected chi connectivity index (χ1v) is 9.29. The molecule has 0 saturated heterocycles. The summed E-state index contributed by atoms with van der Waals surface area (Å²) in [6.45, 7) is 2.53. The summed E-state index contributed by atoms with van der Waals surface area (Å²) in [4.78, 5) is 11.8. The zero-order valence-electron chi connectivity index (χ0n) is 15.0. The highest BCUT2D eigenvalue weighted by Gasteiger charge is 2.30. The van der Waals surface area contributed by atoms with E-state index >= 15 is 0 Å². The minimum atomic E-state index is -4.39. The van der Waals surface area contributed by atoms with E-state index < -0.39 is 17.7 Å². The van der Waals surface area contributed by atoms with Crippen molar-refractivity contribution in [1.82, 2.24) is 0 Å². The maximum absolute atomic E-state index is 12.5. The number of benzene rings is 1. The number of halogens is 3. The van der Waals surface area contributed by atoms with Gasteiger partial charge < -0.3 is 4.74 Å². The fourth-order valence-corrected chi connectivity index (χ4v) is 2.63. The Hall–Kier alpha value is -1.52. The van der Waals surface area contributed by atoms with Gasteiger partial charge in [-0.3, -0.25) is 0 Å². The minimum absolute atomic E-state index is 0.153. The van der Waals surface area contributed by atoms with Crippen molar-refractivity contribution in [2.45, 2.75) is 77.3 Å². The number of unbranched alkanes of at least 4 members (excludes halogenated alkanes) is 9. The van der Waals surface area contributed by atoms with Crippen LogP contribution in [0.15, 0.2) is 24.3 Å². The van der Waals surface area contributed by atoms with Crippen molar-refractivity contribution in [1.29, 1.82) is 0 Å². The summed E-state index contributed by atoms with van der Waals surface area (Å²) in [5.41, 5.74) is -0.612. The Balaban J connectivity index is 2.07. The number of ether oxygens (including phenoxy) is 1. The number of alkyl halides is 3. The van der Waals surface area contributed by atoms with Crippen molar-refractivity contribution in [2.24, 2.45) is 0 Å².